The molecule has 0 spiro atoms. The number of imidazole rings is 1. The van der Waals surface area contributed by atoms with Gasteiger partial charge >= 0.3 is 0 Å². The summed E-state index contributed by atoms with van der Waals surface area (Å²) in [4.78, 5) is 13.9. The summed E-state index contributed by atoms with van der Waals surface area (Å²) >= 11 is 0. The third-order valence-corrected chi connectivity index (χ3v) is 4.97. The summed E-state index contributed by atoms with van der Waals surface area (Å²) in [6, 6.07) is 6.29. The Kier molecular flexibility index (Phi) is 4.18. The zero-order valence-electron chi connectivity index (χ0n) is 15.8. The molecule has 0 radical (unpaired) electrons. The Balaban J connectivity index is 1.52. The lowest BCUT2D eigenvalue weighted by Gasteiger charge is -2.26. The molecular formula is C19H21N7O2. The maximum atomic E-state index is 5.22. The van der Waals surface area contributed by atoms with Crippen molar-refractivity contribution in [3.63, 3.8) is 0 Å². The standard InChI is InChI=1S/C19H21N7O2/c1-12-21-16-4-3-15(23-18(16)25(12)7-8-27-2)14-5-6-26-17(14)9-20-19(24-26)22-13-10-28-11-13/h3-6,9,13H,7-8,10-11H2,1-2H3,(H,22,24). The van der Waals surface area contributed by atoms with Gasteiger partial charge in [-0.3, -0.25) is 0 Å². The van der Waals surface area contributed by atoms with E-state index in [4.69, 9.17) is 14.5 Å². The Morgan fingerprint density at radius 2 is 2.14 bits per heavy atom. The molecule has 1 fully saturated rings. The molecule has 0 atom stereocenters. The number of nitrogens with zero attached hydrogens (tertiary/aromatic N) is 6. The van der Waals surface area contributed by atoms with Crippen LogP contribution in [0.15, 0.2) is 30.6 Å². The summed E-state index contributed by atoms with van der Waals surface area (Å²) in [5.74, 6) is 1.53. The number of hydrogen-bond acceptors (Lipinski definition) is 7. The molecule has 5 heterocycles. The van der Waals surface area contributed by atoms with E-state index in [2.05, 4.69) is 25.0 Å². The van der Waals surface area contributed by atoms with Gasteiger partial charge in [0.05, 0.1) is 43.3 Å². The van der Waals surface area contributed by atoms with Crippen molar-refractivity contribution in [1.82, 2.24) is 29.1 Å². The Morgan fingerprint density at radius 1 is 1.25 bits per heavy atom. The van der Waals surface area contributed by atoms with E-state index in [1.54, 1.807) is 7.11 Å². The van der Waals surface area contributed by atoms with E-state index in [1.165, 1.54) is 0 Å². The molecule has 0 aromatic carbocycles. The second-order valence-corrected chi connectivity index (χ2v) is 6.86. The van der Waals surface area contributed by atoms with Gasteiger partial charge < -0.3 is 19.4 Å². The minimum Gasteiger partial charge on any atom is -0.383 e. The summed E-state index contributed by atoms with van der Waals surface area (Å²) < 4.78 is 14.3. The summed E-state index contributed by atoms with van der Waals surface area (Å²) in [7, 11) is 1.70. The number of hydrogen-bond donors (Lipinski definition) is 1. The van der Waals surface area contributed by atoms with Crippen molar-refractivity contribution in [2.24, 2.45) is 0 Å². The Morgan fingerprint density at radius 3 is 2.93 bits per heavy atom. The smallest absolute Gasteiger partial charge is 0.241 e. The zero-order chi connectivity index (χ0) is 19.1. The molecule has 0 amide bonds. The number of fused-ring (bicyclic) bond motifs is 2. The van der Waals surface area contributed by atoms with Crippen molar-refractivity contribution in [3.05, 3.63) is 36.4 Å². The second-order valence-electron chi connectivity index (χ2n) is 6.86. The van der Waals surface area contributed by atoms with Gasteiger partial charge in [0.2, 0.25) is 5.95 Å². The van der Waals surface area contributed by atoms with E-state index in [9.17, 15) is 0 Å². The molecule has 0 aliphatic carbocycles. The third kappa shape index (κ3) is 2.88. The SMILES string of the molecule is COCCn1c(C)nc2ccc(-c3ccn4nc(NC5COC5)ncc34)nc21. The number of anilines is 1. The number of nitrogens with one attached hydrogen (secondary N) is 1. The summed E-state index contributed by atoms with van der Waals surface area (Å²) in [5, 5.41) is 7.81. The molecule has 1 aliphatic heterocycles. The van der Waals surface area contributed by atoms with Crippen LogP contribution in [0.3, 0.4) is 0 Å². The first-order valence-electron chi connectivity index (χ1n) is 9.25. The van der Waals surface area contributed by atoms with Gasteiger partial charge in [0.1, 0.15) is 11.3 Å². The second kappa shape index (κ2) is 6.84. The van der Waals surface area contributed by atoms with Crippen LogP contribution in [-0.2, 0) is 16.0 Å². The van der Waals surface area contributed by atoms with Gasteiger partial charge in [-0.2, -0.15) is 0 Å². The topological polar surface area (TPSA) is 91.4 Å². The fourth-order valence-electron chi connectivity index (χ4n) is 3.40. The highest BCUT2D eigenvalue weighted by molar-refractivity contribution is 5.82. The number of aromatic nitrogens is 6. The van der Waals surface area contributed by atoms with Crippen LogP contribution >= 0.6 is 0 Å². The number of rotatable bonds is 6. The predicted molar refractivity (Wildman–Crippen MR) is 104 cm³/mol. The molecule has 5 rings (SSSR count). The first kappa shape index (κ1) is 17.1. The summed E-state index contributed by atoms with van der Waals surface area (Å²) in [6.45, 7) is 4.70. The van der Waals surface area contributed by atoms with Gasteiger partial charge in [0.15, 0.2) is 5.65 Å². The average Bonchev–Trinajstić information content (AvgIpc) is 3.22. The summed E-state index contributed by atoms with van der Waals surface area (Å²) in [5.41, 5.74) is 4.49. The highest BCUT2D eigenvalue weighted by Crippen LogP contribution is 2.26. The molecule has 0 saturated carbocycles. The van der Waals surface area contributed by atoms with Gasteiger partial charge in [-0.25, -0.2) is 19.5 Å². The molecule has 0 unspecified atom stereocenters. The van der Waals surface area contributed by atoms with Gasteiger partial charge in [0.25, 0.3) is 0 Å². The number of ether oxygens (including phenoxy) is 2. The predicted octanol–water partition coefficient (Wildman–Crippen LogP) is 1.91. The van der Waals surface area contributed by atoms with Crippen molar-refractivity contribution >= 4 is 22.6 Å². The quantitative estimate of drug-likeness (QED) is 0.547. The maximum Gasteiger partial charge on any atom is 0.241 e. The van der Waals surface area contributed by atoms with Crippen LogP contribution < -0.4 is 5.32 Å². The highest BCUT2D eigenvalue weighted by Gasteiger charge is 2.19. The van der Waals surface area contributed by atoms with Gasteiger partial charge in [-0.1, -0.05) is 0 Å². The van der Waals surface area contributed by atoms with E-state index in [1.807, 2.05) is 42.0 Å². The van der Waals surface area contributed by atoms with Crippen LogP contribution in [-0.4, -0.2) is 62.1 Å². The fourth-order valence-corrected chi connectivity index (χ4v) is 3.40. The molecule has 4 aromatic rings. The lowest BCUT2D eigenvalue weighted by atomic mass is 10.2. The molecule has 9 nitrogen and oxygen atoms in total. The first-order valence-corrected chi connectivity index (χ1v) is 9.25. The molecule has 144 valence electrons. The third-order valence-electron chi connectivity index (χ3n) is 4.97. The van der Waals surface area contributed by atoms with Crippen LogP contribution in [0.2, 0.25) is 0 Å². The minimum absolute atomic E-state index is 0.284. The highest BCUT2D eigenvalue weighted by atomic mass is 16.5. The molecule has 1 N–H and O–H groups in total. The van der Waals surface area contributed by atoms with E-state index >= 15 is 0 Å². The lowest BCUT2D eigenvalue weighted by Crippen LogP contribution is -2.40. The summed E-state index contributed by atoms with van der Waals surface area (Å²) in [6.07, 6.45) is 3.75. The van der Waals surface area contributed by atoms with Crippen molar-refractivity contribution in [3.8, 4) is 11.3 Å². The molecule has 1 saturated heterocycles. The molecular weight excluding hydrogens is 358 g/mol. The lowest BCUT2D eigenvalue weighted by molar-refractivity contribution is 0.0207. The molecule has 28 heavy (non-hydrogen) atoms. The van der Waals surface area contributed by atoms with E-state index in [0.717, 1.165) is 40.3 Å². The Bertz CT molecular complexity index is 1150. The van der Waals surface area contributed by atoms with Crippen molar-refractivity contribution < 1.29 is 9.47 Å². The largest absolute Gasteiger partial charge is 0.383 e. The number of methoxy groups -OCH3 is 1. The van der Waals surface area contributed by atoms with Crippen molar-refractivity contribution in [2.45, 2.75) is 19.5 Å². The van der Waals surface area contributed by atoms with Crippen LogP contribution in [0, 0.1) is 6.92 Å². The molecule has 9 heteroatoms. The average molecular weight is 379 g/mol. The van der Waals surface area contributed by atoms with Gasteiger partial charge in [0, 0.05) is 25.4 Å². The normalized spacial score (nSPS) is 14.6. The number of pyridine rings is 1. The Hall–Kier alpha value is -3.04. The fraction of sp³-hybridized carbons (Fsp3) is 0.368. The molecule has 4 aromatic heterocycles. The van der Waals surface area contributed by atoms with Crippen LogP contribution in [0.5, 0.6) is 0 Å². The first-order chi connectivity index (χ1) is 13.7. The van der Waals surface area contributed by atoms with Gasteiger partial charge in [-0.05, 0) is 25.1 Å². The van der Waals surface area contributed by atoms with Crippen LogP contribution in [0.1, 0.15) is 5.82 Å². The maximum absolute atomic E-state index is 5.22. The number of aryl methyl sites for hydroxylation is 1. The van der Waals surface area contributed by atoms with E-state index in [-0.39, 0.29) is 6.04 Å². The van der Waals surface area contributed by atoms with Crippen molar-refractivity contribution in [1.29, 1.82) is 0 Å². The minimum atomic E-state index is 0.284. The van der Waals surface area contributed by atoms with Crippen molar-refractivity contribution in [2.75, 3.05) is 32.2 Å². The van der Waals surface area contributed by atoms with Crippen LogP contribution in [0.25, 0.3) is 27.9 Å². The monoisotopic (exact) mass is 379 g/mol. The molecule has 0 bridgehead atoms. The van der Waals surface area contributed by atoms with E-state index < -0.39 is 0 Å². The van der Waals surface area contributed by atoms with Crippen LogP contribution in [0.4, 0.5) is 5.95 Å². The Labute approximate surface area is 161 Å². The zero-order valence-corrected chi connectivity index (χ0v) is 15.8. The molecule has 1 aliphatic rings. The van der Waals surface area contributed by atoms with E-state index in [0.29, 0.717) is 25.8 Å². The van der Waals surface area contributed by atoms with Gasteiger partial charge in [-0.15, -0.1) is 5.10 Å².